The molecule has 1 aromatic carbocycles. The Balaban J connectivity index is 2.02. The number of nitrogens with two attached hydrogens (primary N) is 1. The van der Waals surface area contributed by atoms with E-state index in [0.717, 1.165) is 33.7 Å². The van der Waals surface area contributed by atoms with Crippen LogP contribution in [0.2, 0.25) is 0 Å². The largest absolute Gasteiger partial charge is 0.380 e. The molecule has 1 aliphatic rings. The van der Waals surface area contributed by atoms with E-state index in [9.17, 15) is 0 Å². The van der Waals surface area contributed by atoms with Gasteiger partial charge in [0.2, 0.25) is 0 Å². The summed E-state index contributed by atoms with van der Waals surface area (Å²) in [7, 11) is 0. The van der Waals surface area contributed by atoms with Crippen molar-refractivity contribution in [3.63, 3.8) is 0 Å². The summed E-state index contributed by atoms with van der Waals surface area (Å²) in [5.74, 6) is 2.16. The topological polar surface area (TPSA) is 52.0 Å². The molecule has 2 aromatic rings. The predicted molar refractivity (Wildman–Crippen MR) is 70.5 cm³/mol. The fourth-order valence-electron chi connectivity index (χ4n) is 2.01. The first-order valence-electron chi connectivity index (χ1n) is 5.74. The highest BCUT2D eigenvalue weighted by molar-refractivity contribution is 9.10. The minimum atomic E-state index is 0.485. The van der Waals surface area contributed by atoms with E-state index in [1.54, 1.807) is 0 Å². The summed E-state index contributed by atoms with van der Waals surface area (Å²) in [4.78, 5) is 0. The molecule has 1 aromatic heterocycles. The third-order valence-electron chi connectivity index (χ3n) is 3.07. The summed E-state index contributed by atoms with van der Waals surface area (Å²) in [6, 6.07) is 8.06. The van der Waals surface area contributed by atoms with Crippen LogP contribution < -0.4 is 5.73 Å². The van der Waals surface area contributed by atoms with Crippen molar-refractivity contribution in [3.05, 3.63) is 34.5 Å². The molecule has 0 aliphatic heterocycles. The number of nitrogens with zero attached hydrogens (tertiary/aromatic N) is 1. The molecule has 0 spiro atoms. The number of nitrogen functional groups attached to an aromatic ring is 1. The van der Waals surface area contributed by atoms with E-state index in [4.69, 9.17) is 10.3 Å². The van der Waals surface area contributed by atoms with Crippen LogP contribution in [0.25, 0.3) is 11.1 Å². The number of hydrogen-bond donors (Lipinski definition) is 1. The molecule has 4 heteroatoms. The van der Waals surface area contributed by atoms with E-state index in [0.29, 0.717) is 5.82 Å². The summed E-state index contributed by atoms with van der Waals surface area (Å²) in [5, 5.41) is 3.89. The van der Waals surface area contributed by atoms with Gasteiger partial charge in [-0.3, -0.25) is 0 Å². The van der Waals surface area contributed by atoms with Crippen LogP contribution in [-0.4, -0.2) is 5.16 Å². The highest BCUT2D eigenvalue weighted by atomic mass is 79.9. The summed E-state index contributed by atoms with van der Waals surface area (Å²) in [6.45, 7) is 0. The molecule has 88 valence electrons. The quantitative estimate of drug-likeness (QED) is 0.940. The molecule has 1 aliphatic carbocycles. The Kier molecular flexibility index (Phi) is 2.67. The highest BCUT2D eigenvalue weighted by Gasteiger charge is 2.26. The molecule has 2 N–H and O–H groups in total. The van der Waals surface area contributed by atoms with Crippen molar-refractivity contribution in [1.82, 2.24) is 5.16 Å². The van der Waals surface area contributed by atoms with Crippen molar-refractivity contribution in [1.29, 1.82) is 0 Å². The zero-order valence-electron chi connectivity index (χ0n) is 9.32. The molecular weight excluding hydrogens is 280 g/mol. The van der Waals surface area contributed by atoms with Crippen LogP contribution in [0.1, 0.15) is 18.6 Å². The number of rotatable bonds is 3. The van der Waals surface area contributed by atoms with E-state index < -0.39 is 0 Å². The van der Waals surface area contributed by atoms with Crippen molar-refractivity contribution in [2.45, 2.75) is 19.3 Å². The lowest BCUT2D eigenvalue weighted by molar-refractivity contribution is 0.381. The fourth-order valence-corrected chi connectivity index (χ4v) is 2.41. The first-order chi connectivity index (χ1) is 8.24. The first kappa shape index (κ1) is 10.8. The van der Waals surface area contributed by atoms with Gasteiger partial charge in [-0.05, 0) is 36.5 Å². The second-order valence-electron chi connectivity index (χ2n) is 4.52. The smallest absolute Gasteiger partial charge is 0.175 e. The second-order valence-corrected chi connectivity index (χ2v) is 5.44. The maximum absolute atomic E-state index is 5.90. The summed E-state index contributed by atoms with van der Waals surface area (Å²) in [6.07, 6.45) is 3.53. The highest BCUT2D eigenvalue weighted by Crippen LogP contribution is 2.38. The van der Waals surface area contributed by atoms with Gasteiger partial charge in [0.15, 0.2) is 5.82 Å². The third-order valence-corrected chi connectivity index (χ3v) is 3.57. The Bertz CT molecular complexity index is 546. The molecule has 3 nitrogen and oxygen atoms in total. The van der Waals surface area contributed by atoms with Gasteiger partial charge >= 0.3 is 0 Å². The van der Waals surface area contributed by atoms with E-state index in [1.807, 2.05) is 24.3 Å². The minimum absolute atomic E-state index is 0.485. The third kappa shape index (κ3) is 2.22. The maximum Gasteiger partial charge on any atom is 0.175 e. The van der Waals surface area contributed by atoms with Crippen molar-refractivity contribution in [2.24, 2.45) is 5.92 Å². The number of benzene rings is 1. The van der Waals surface area contributed by atoms with Crippen LogP contribution in [0.3, 0.4) is 0 Å². The minimum Gasteiger partial charge on any atom is -0.380 e. The van der Waals surface area contributed by atoms with Crippen LogP contribution in [0.4, 0.5) is 5.82 Å². The Morgan fingerprint density at radius 3 is 2.94 bits per heavy atom. The van der Waals surface area contributed by atoms with Gasteiger partial charge in [0, 0.05) is 10.9 Å². The Morgan fingerprint density at radius 2 is 2.24 bits per heavy atom. The molecule has 0 atom stereocenters. The van der Waals surface area contributed by atoms with Crippen LogP contribution in [0.5, 0.6) is 0 Å². The lowest BCUT2D eigenvalue weighted by atomic mass is 10.0. The molecule has 0 bridgehead atoms. The fraction of sp³-hybridized carbons (Fsp3) is 0.308. The maximum atomic E-state index is 5.90. The summed E-state index contributed by atoms with van der Waals surface area (Å²) >= 11 is 3.47. The Hall–Kier alpha value is -1.29. The zero-order valence-corrected chi connectivity index (χ0v) is 10.9. The van der Waals surface area contributed by atoms with Gasteiger partial charge in [0.05, 0.1) is 5.56 Å². The SMILES string of the molecule is Nc1noc(CC2CC2)c1-c1cccc(Br)c1. The molecule has 0 unspecified atom stereocenters. The lowest BCUT2D eigenvalue weighted by Gasteiger charge is -2.02. The van der Waals surface area contributed by atoms with Gasteiger partial charge in [0.25, 0.3) is 0 Å². The van der Waals surface area contributed by atoms with Crippen molar-refractivity contribution in [2.75, 3.05) is 5.73 Å². The van der Waals surface area contributed by atoms with Gasteiger partial charge in [-0.1, -0.05) is 33.2 Å². The molecule has 1 saturated carbocycles. The molecule has 17 heavy (non-hydrogen) atoms. The predicted octanol–water partition coefficient (Wildman–Crippen LogP) is 3.64. The van der Waals surface area contributed by atoms with Crippen LogP contribution in [0, 0.1) is 5.92 Å². The molecule has 0 saturated heterocycles. The van der Waals surface area contributed by atoms with E-state index >= 15 is 0 Å². The zero-order chi connectivity index (χ0) is 11.8. The molecule has 0 amide bonds. The monoisotopic (exact) mass is 292 g/mol. The average molecular weight is 293 g/mol. The van der Waals surface area contributed by atoms with Crippen LogP contribution >= 0.6 is 15.9 Å². The standard InChI is InChI=1S/C13H13BrN2O/c14-10-3-1-2-9(7-10)12-11(6-8-4-5-8)17-16-13(12)15/h1-3,7-8H,4-6H2,(H2,15,16). The van der Waals surface area contributed by atoms with Crippen molar-refractivity contribution >= 4 is 21.7 Å². The van der Waals surface area contributed by atoms with Crippen LogP contribution in [-0.2, 0) is 6.42 Å². The number of halogens is 1. The lowest BCUT2D eigenvalue weighted by Crippen LogP contribution is -1.92. The van der Waals surface area contributed by atoms with E-state index in [1.165, 1.54) is 12.8 Å². The van der Waals surface area contributed by atoms with Gasteiger partial charge in [-0.2, -0.15) is 0 Å². The number of aromatic nitrogens is 1. The molecule has 1 heterocycles. The Labute approximate surface area is 108 Å². The van der Waals surface area contributed by atoms with Gasteiger partial charge < -0.3 is 10.3 Å². The number of hydrogen-bond acceptors (Lipinski definition) is 3. The first-order valence-corrected chi connectivity index (χ1v) is 6.53. The van der Waals surface area contributed by atoms with Crippen LogP contribution in [0.15, 0.2) is 33.3 Å². The van der Waals surface area contributed by atoms with Crippen molar-refractivity contribution < 1.29 is 4.52 Å². The normalized spacial score (nSPS) is 15.1. The van der Waals surface area contributed by atoms with Gasteiger partial charge in [-0.25, -0.2) is 0 Å². The Morgan fingerprint density at radius 1 is 1.41 bits per heavy atom. The molecule has 0 radical (unpaired) electrons. The summed E-state index contributed by atoms with van der Waals surface area (Å²) < 4.78 is 6.39. The van der Waals surface area contributed by atoms with Gasteiger partial charge in [0.1, 0.15) is 5.76 Å². The van der Waals surface area contributed by atoms with E-state index in [2.05, 4.69) is 21.1 Å². The molecule has 3 rings (SSSR count). The molecule has 1 fully saturated rings. The average Bonchev–Trinajstić information content (AvgIpc) is 3.03. The van der Waals surface area contributed by atoms with Gasteiger partial charge in [-0.15, -0.1) is 0 Å². The number of anilines is 1. The van der Waals surface area contributed by atoms with E-state index in [-0.39, 0.29) is 0 Å². The van der Waals surface area contributed by atoms with Crippen molar-refractivity contribution in [3.8, 4) is 11.1 Å². The molecular formula is C13H13BrN2O. The summed E-state index contributed by atoms with van der Waals surface area (Å²) in [5.41, 5.74) is 7.92. The second kappa shape index (κ2) is 4.18.